The fourth-order valence-corrected chi connectivity index (χ4v) is 6.58. The average Bonchev–Trinajstić information content (AvgIpc) is 3.41. The van der Waals surface area contributed by atoms with Crippen LogP contribution in [0, 0.1) is 17.8 Å². The highest BCUT2D eigenvalue weighted by molar-refractivity contribution is 6.05. The molecule has 1 aromatic carbocycles. The molecule has 2 amide bonds. The first-order valence-electron chi connectivity index (χ1n) is 14.2. The van der Waals surface area contributed by atoms with E-state index in [1.165, 1.54) is 21.6 Å². The zero-order chi connectivity index (χ0) is 27.2. The number of amides is 2. The first-order valence-corrected chi connectivity index (χ1v) is 14.2. The monoisotopic (exact) mass is 523 g/mol. The lowest BCUT2D eigenvalue weighted by molar-refractivity contribution is -0.141. The molecule has 0 unspecified atom stereocenters. The highest BCUT2D eigenvalue weighted by Gasteiger charge is 2.56. The molecular weight excluding hydrogens is 482 g/mol. The van der Waals surface area contributed by atoms with Crippen molar-refractivity contribution in [1.29, 1.82) is 0 Å². The minimum absolute atomic E-state index is 0.0340. The number of rotatable bonds is 13. The van der Waals surface area contributed by atoms with Crippen molar-refractivity contribution in [1.82, 2.24) is 4.90 Å². The van der Waals surface area contributed by atoms with E-state index in [-0.39, 0.29) is 47.8 Å². The molecule has 0 aromatic heterocycles. The molecule has 2 aliphatic heterocycles. The fraction of sp³-hybridized carbons (Fsp3) is 0.581. The van der Waals surface area contributed by atoms with Gasteiger partial charge in [-0.1, -0.05) is 56.0 Å². The molecule has 1 aromatic rings. The third-order valence-corrected chi connectivity index (χ3v) is 8.34. The second-order valence-corrected chi connectivity index (χ2v) is 10.9. The molecule has 7 heteroatoms. The van der Waals surface area contributed by atoms with Crippen LogP contribution in [0.2, 0.25) is 0 Å². The van der Waals surface area contributed by atoms with Gasteiger partial charge in [-0.25, -0.2) is 0 Å². The number of hydrogen-bond donors (Lipinski definition) is 2. The Morgan fingerprint density at radius 1 is 1.08 bits per heavy atom. The van der Waals surface area contributed by atoms with Crippen molar-refractivity contribution >= 4 is 23.9 Å². The maximum Gasteiger partial charge on any atom is 0.303 e. The van der Waals surface area contributed by atoms with E-state index in [2.05, 4.69) is 19.9 Å². The van der Waals surface area contributed by atoms with Crippen LogP contribution in [-0.4, -0.2) is 52.2 Å². The Bertz CT molecular complexity index is 1110. The molecule has 0 bridgehead atoms. The molecule has 4 rings (SSSR count). The van der Waals surface area contributed by atoms with Gasteiger partial charge in [-0.3, -0.25) is 19.3 Å². The molecule has 206 valence electrons. The molecule has 4 atom stereocenters. The van der Waals surface area contributed by atoms with Crippen LogP contribution >= 0.6 is 0 Å². The number of phenolic OH excluding ortho intramolecular Hbond substituents is 1. The van der Waals surface area contributed by atoms with E-state index in [4.69, 9.17) is 9.84 Å². The van der Waals surface area contributed by atoms with Gasteiger partial charge in [0.1, 0.15) is 5.75 Å². The van der Waals surface area contributed by atoms with Crippen LogP contribution in [0.5, 0.6) is 5.75 Å². The van der Waals surface area contributed by atoms with Gasteiger partial charge in [0, 0.05) is 18.9 Å². The highest BCUT2D eigenvalue weighted by atomic mass is 16.5. The molecule has 2 N–H and O–H groups in total. The van der Waals surface area contributed by atoms with Gasteiger partial charge in [0.15, 0.2) is 0 Å². The normalized spacial score (nSPS) is 25.2. The van der Waals surface area contributed by atoms with Gasteiger partial charge in [-0.05, 0) is 68.2 Å². The van der Waals surface area contributed by atoms with Gasteiger partial charge in [-0.2, -0.15) is 0 Å². The van der Waals surface area contributed by atoms with E-state index >= 15 is 0 Å². The van der Waals surface area contributed by atoms with Crippen molar-refractivity contribution in [2.24, 2.45) is 17.8 Å². The molecule has 2 fully saturated rings. The van der Waals surface area contributed by atoms with Gasteiger partial charge >= 0.3 is 5.97 Å². The molecule has 7 nitrogen and oxygen atoms in total. The maximum absolute atomic E-state index is 13.5. The maximum atomic E-state index is 13.5. The van der Waals surface area contributed by atoms with E-state index in [0.29, 0.717) is 38.8 Å². The van der Waals surface area contributed by atoms with Crippen LogP contribution in [0.25, 0.3) is 6.08 Å². The summed E-state index contributed by atoms with van der Waals surface area (Å²) in [4.78, 5) is 38.9. The number of hydrogen-bond acceptors (Lipinski definition) is 5. The number of unbranched alkanes of at least 4 members (excludes halogenated alkanes) is 2. The predicted molar refractivity (Wildman–Crippen MR) is 145 cm³/mol. The summed E-state index contributed by atoms with van der Waals surface area (Å²) in [7, 11) is 0. The van der Waals surface area contributed by atoms with Gasteiger partial charge < -0.3 is 14.9 Å². The molecule has 38 heavy (non-hydrogen) atoms. The Balaban J connectivity index is 1.44. The number of aliphatic carboxylic acids is 1. The van der Waals surface area contributed by atoms with Crippen LogP contribution in [-0.2, 0) is 19.1 Å². The molecule has 0 spiro atoms. The minimum atomic E-state index is -0.817. The lowest BCUT2D eigenvalue weighted by Gasteiger charge is -2.31. The fourth-order valence-electron chi connectivity index (χ4n) is 6.58. The third-order valence-electron chi connectivity index (χ3n) is 8.34. The molecule has 0 saturated carbocycles. The number of imide groups is 1. The zero-order valence-corrected chi connectivity index (χ0v) is 22.7. The summed E-state index contributed by atoms with van der Waals surface area (Å²) in [6.45, 7) is 5.15. The third kappa shape index (κ3) is 6.20. The molecule has 0 radical (unpaired) electrons. The Kier molecular flexibility index (Phi) is 9.42. The summed E-state index contributed by atoms with van der Waals surface area (Å²) in [5.41, 5.74) is 4.84. The van der Waals surface area contributed by atoms with Crippen molar-refractivity contribution in [2.75, 3.05) is 13.2 Å². The second-order valence-electron chi connectivity index (χ2n) is 10.9. The summed E-state index contributed by atoms with van der Waals surface area (Å²) in [6, 6.07) is 7.30. The number of nitrogens with zero attached hydrogens (tertiary/aromatic N) is 1. The van der Waals surface area contributed by atoms with Crippen molar-refractivity contribution in [3.8, 4) is 5.75 Å². The van der Waals surface area contributed by atoms with E-state index in [0.717, 1.165) is 37.7 Å². The summed E-state index contributed by atoms with van der Waals surface area (Å²) < 4.78 is 6.33. The molecule has 2 saturated heterocycles. The number of carboxylic acid groups (broad SMARTS) is 1. The summed E-state index contributed by atoms with van der Waals surface area (Å²) >= 11 is 0. The van der Waals surface area contributed by atoms with Crippen molar-refractivity contribution in [3.63, 3.8) is 0 Å². The number of carboxylic acids is 1. The molecule has 1 aliphatic carbocycles. The number of phenols is 1. The Hall–Kier alpha value is -2.93. The van der Waals surface area contributed by atoms with E-state index in [1.54, 1.807) is 12.1 Å². The van der Waals surface area contributed by atoms with Gasteiger partial charge in [-0.15, -0.1) is 0 Å². The van der Waals surface area contributed by atoms with Crippen LogP contribution in [0.15, 0.2) is 41.0 Å². The van der Waals surface area contributed by atoms with E-state index in [1.807, 2.05) is 12.1 Å². The number of aromatic hydroxyl groups is 1. The molecule has 3 aliphatic rings. The first-order chi connectivity index (χ1) is 18.3. The first kappa shape index (κ1) is 28.1. The quantitative estimate of drug-likeness (QED) is 0.194. The second kappa shape index (κ2) is 12.7. The summed E-state index contributed by atoms with van der Waals surface area (Å²) in [6.07, 6.45) is 9.35. The lowest BCUT2D eigenvalue weighted by Crippen LogP contribution is -2.34. The number of likely N-dealkylation sites (tertiary alicyclic amines) is 1. The Labute approximate surface area is 225 Å². The number of carbonyl (C=O) groups excluding carboxylic acids is 2. The number of ether oxygens (including phenoxy) is 1. The predicted octanol–water partition coefficient (Wildman–Crippen LogP) is 5.73. The van der Waals surface area contributed by atoms with Gasteiger partial charge in [0.05, 0.1) is 24.5 Å². The number of fused-ring (bicyclic) bond motifs is 3. The largest absolute Gasteiger partial charge is 0.508 e. The SMILES string of the molecule is CCC/C(=C\c1cccc(O)c1)CC[C@H]1OC[C@H]2C1=C(CC)C[C@H]1C(=O)N(CCCCCC(=O)O)C(=O)[C@H]12. The van der Waals surface area contributed by atoms with Crippen molar-refractivity contribution in [3.05, 3.63) is 46.5 Å². The Morgan fingerprint density at radius 2 is 1.89 bits per heavy atom. The highest BCUT2D eigenvalue weighted by Crippen LogP contribution is 2.50. The number of benzene rings is 1. The Morgan fingerprint density at radius 3 is 2.61 bits per heavy atom. The van der Waals surface area contributed by atoms with Crippen LogP contribution in [0.4, 0.5) is 0 Å². The standard InChI is InChI=1S/C31H41NO6/c1-3-9-20(16-21-10-8-11-23(33)17-21)13-14-26-28-22(4-2)18-24-29(25(28)19-38-26)31(37)32(30(24)36)15-7-5-6-12-27(34)35/h8,10-11,16-17,24-26,29,33H,3-7,9,12-15,18-19H2,1-2H3,(H,34,35)/b20-16+/t24-,25+,26-,29-/m1/s1. The number of allylic oxidation sites excluding steroid dienone is 2. The minimum Gasteiger partial charge on any atom is -0.508 e. The van der Waals surface area contributed by atoms with E-state index in [9.17, 15) is 19.5 Å². The van der Waals surface area contributed by atoms with E-state index < -0.39 is 5.97 Å². The summed E-state index contributed by atoms with van der Waals surface area (Å²) in [5, 5.41) is 18.7. The topological polar surface area (TPSA) is 104 Å². The van der Waals surface area contributed by atoms with Crippen LogP contribution in [0.3, 0.4) is 0 Å². The summed E-state index contributed by atoms with van der Waals surface area (Å²) in [5.74, 6) is -1.37. The van der Waals surface area contributed by atoms with Crippen molar-refractivity contribution in [2.45, 2.75) is 84.2 Å². The molecule has 2 heterocycles. The van der Waals surface area contributed by atoms with Crippen molar-refractivity contribution < 1.29 is 29.3 Å². The van der Waals surface area contributed by atoms with Crippen LogP contribution in [0.1, 0.15) is 83.6 Å². The van der Waals surface area contributed by atoms with Crippen LogP contribution < -0.4 is 0 Å². The van der Waals surface area contributed by atoms with Gasteiger partial charge in [0.2, 0.25) is 11.8 Å². The average molecular weight is 524 g/mol. The lowest BCUT2D eigenvalue weighted by atomic mass is 9.69. The molecular formula is C31H41NO6. The van der Waals surface area contributed by atoms with Gasteiger partial charge in [0.25, 0.3) is 0 Å². The zero-order valence-electron chi connectivity index (χ0n) is 22.7. The smallest absolute Gasteiger partial charge is 0.303 e. The number of carbonyl (C=O) groups is 3.